The van der Waals surface area contributed by atoms with Crippen LogP contribution in [0.1, 0.15) is 10.4 Å². The molecule has 1 amide bonds. The Morgan fingerprint density at radius 3 is 2.40 bits per heavy atom. The Labute approximate surface area is 176 Å². The fourth-order valence-electron chi connectivity index (χ4n) is 2.62. The van der Waals surface area contributed by atoms with Crippen molar-refractivity contribution in [1.29, 1.82) is 0 Å². The number of nitro benzene ring substituents is 1. The van der Waals surface area contributed by atoms with Crippen LogP contribution in [-0.2, 0) is 0 Å². The van der Waals surface area contributed by atoms with Crippen molar-refractivity contribution < 1.29 is 23.6 Å². The summed E-state index contributed by atoms with van der Waals surface area (Å²) in [5.41, 5.74) is 0.249. The molecule has 7 nitrogen and oxygen atoms in total. The number of carbonyl (C=O) groups is 1. The molecule has 9 heteroatoms. The zero-order valence-corrected chi connectivity index (χ0v) is 16.9. The highest BCUT2D eigenvalue weighted by molar-refractivity contribution is 7.99. The third-order valence-electron chi connectivity index (χ3n) is 4.11. The maximum Gasteiger partial charge on any atom is 0.284 e. The van der Waals surface area contributed by atoms with Gasteiger partial charge >= 0.3 is 0 Å². The summed E-state index contributed by atoms with van der Waals surface area (Å²) in [6.45, 7) is 0. The molecule has 0 bridgehead atoms. The highest BCUT2D eigenvalue weighted by Gasteiger charge is 2.19. The standard InChI is InChI=1S/C21H17FN2O5S/c1-28-15-6-9-19(29-2)17(12-15)23-21(25)13-3-10-20(18(11-13)24(26)27)30-16-7-4-14(22)5-8-16/h3-12H,1-2H3,(H,23,25). The van der Waals surface area contributed by atoms with Crippen molar-refractivity contribution in [1.82, 2.24) is 0 Å². The molecule has 0 aromatic heterocycles. The van der Waals surface area contributed by atoms with Crippen LogP contribution in [0.15, 0.2) is 70.5 Å². The summed E-state index contributed by atoms with van der Waals surface area (Å²) < 4.78 is 23.5. The number of halogens is 1. The molecule has 1 N–H and O–H groups in total. The van der Waals surface area contributed by atoms with Gasteiger partial charge < -0.3 is 14.8 Å². The molecule has 154 valence electrons. The summed E-state index contributed by atoms with van der Waals surface area (Å²) in [4.78, 5) is 24.6. The molecule has 0 radical (unpaired) electrons. The van der Waals surface area contributed by atoms with Crippen LogP contribution in [0.5, 0.6) is 11.5 Å². The first-order valence-electron chi connectivity index (χ1n) is 8.66. The fourth-order valence-corrected chi connectivity index (χ4v) is 3.52. The van der Waals surface area contributed by atoms with Gasteiger partial charge in [0.15, 0.2) is 0 Å². The molecule has 30 heavy (non-hydrogen) atoms. The van der Waals surface area contributed by atoms with E-state index in [2.05, 4.69) is 5.32 Å². The minimum atomic E-state index is -0.561. The van der Waals surface area contributed by atoms with E-state index in [1.807, 2.05) is 0 Å². The lowest BCUT2D eigenvalue weighted by atomic mass is 10.1. The monoisotopic (exact) mass is 428 g/mol. The maximum atomic E-state index is 13.1. The van der Waals surface area contributed by atoms with Crippen molar-refractivity contribution in [3.63, 3.8) is 0 Å². The summed E-state index contributed by atoms with van der Waals surface area (Å²) in [6, 6.07) is 14.7. The first-order chi connectivity index (χ1) is 14.4. The number of ether oxygens (including phenoxy) is 2. The van der Waals surface area contributed by atoms with Gasteiger partial charge in [-0.1, -0.05) is 11.8 Å². The summed E-state index contributed by atoms with van der Waals surface area (Å²) >= 11 is 1.11. The number of carbonyl (C=O) groups excluding carboxylic acids is 1. The van der Waals surface area contributed by atoms with Crippen molar-refractivity contribution in [3.8, 4) is 11.5 Å². The number of nitro groups is 1. The maximum absolute atomic E-state index is 13.1. The van der Waals surface area contributed by atoms with Gasteiger partial charge in [-0.3, -0.25) is 14.9 Å². The summed E-state index contributed by atoms with van der Waals surface area (Å²) in [6.07, 6.45) is 0. The SMILES string of the molecule is COc1ccc(OC)c(NC(=O)c2ccc(Sc3ccc(F)cc3)c([N+](=O)[O-])c2)c1. The number of methoxy groups -OCH3 is 2. The molecule has 0 saturated carbocycles. The highest BCUT2D eigenvalue weighted by Crippen LogP contribution is 2.36. The van der Waals surface area contributed by atoms with E-state index in [-0.39, 0.29) is 11.3 Å². The number of nitrogens with zero attached hydrogens (tertiary/aromatic N) is 1. The third kappa shape index (κ3) is 4.87. The predicted molar refractivity (Wildman–Crippen MR) is 111 cm³/mol. The van der Waals surface area contributed by atoms with E-state index in [0.717, 1.165) is 11.8 Å². The minimum absolute atomic E-state index is 0.107. The van der Waals surface area contributed by atoms with E-state index in [9.17, 15) is 19.3 Å². The van der Waals surface area contributed by atoms with Crippen molar-refractivity contribution in [2.24, 2.45) is 0 Å². The molecule has 0 spiro atoms. The number of hydrogen-bond acceptors (Lipinski definition) is 6. The van der Waals surface area contributed by atoms with Gasteiger partial charge in [-0.2, -0.15) is 0 Å². The average Bonchev–Trinajstić information content (AvgIpc) is 2.75. The Bertz CT molecular complexity index is 1090. The second-order valence-electron chi connectivity index (χ2n) is 6.02. The van der Waals surface area contributed by atoms with Crippen LogP contribution in [0.25, 0.3) is 0 Å². The smallest absolute Gasteiger partial charge is 0.284 e. The lowest BCUT2D eigenvalue weighted by Gasteiger charge is -2.12. The van der Waals surface area contributed by atoms with Crippen LogP contribution in [0.3, 0.4) is 0 Å². The van der Waals surface area contributed by atoms with E-state index in [4.69, 9.17) is 9.47 Å². The second kappa shape index (κ2) is 9.27. The first-order valence-corrected chi connectivity index (χ1v) is 9.48. The second-order valence-corrected chi connectivity index (χ2v) is 7.13. The lowest BCUT2D eigenvalue weighted by Crippen LogP contribution is -2.13. The molecular weight excluding hydrogens is 411 g/mol. The van der Waals surface area contributed by atoms with E-state index < -0.39 is 16.6 Å². The predicted octanol–water partition coefficient (Wildman–Crippen LogP) is 5.15. The number of hydrogen-bond donors (Lipinski definition) is 1. The number of benzene rings is 3. The molecule has 0 aliphatic rings. The zero-order valence-electron chi connectivity index (χ0n) is 16.0. The van der Waals surface area contributed by atoms with E-state index in [1.165, 1.54) is 56.7 Å². The molecule has 0 saturated heterocycles. The highest BCUT2D eigenvalue weighted by atomic mass is 32.2. The van der Waals surface area contributed by atoms with Gasteiger partial charge in [-0.25, -0.2) is 4.39 Å². The molecule has 0 aliphatic carbocycles. The van der Waals surface area contributed by atoms with Gasteiger partial charge in [0.25, 0.3) is 11.6 Å². The van der Waals surface area contributed by atoms with Gasteiger partial charge in [0, 0.05) is 22.6 Å². The Morgan fingerprint density at radius 2 is 1.77 bits per heavy atom. The summed E-state index contributed by atoms with van der Waals surface area (Å²) in [5, 5.41) is 14.2. The van der Waals surface area contributed by atoms with Gasteiger partial charge in [0.1, 0.15) is 17.3 Å². The average molecular weight is 428 g/mol. The van der Waals surface area contributed by atoms with Crippen molar-refractivity contribution >= 4 is 29.0 Å². The van der Waals surface area contributed by atoms with Crippen LogP contribution in [0.2, 0.25) is 0 Å². The Morgan fingerprint density at radius 1 is 1.03 bits per heavy atom. The quantitative estimate of drug-likeness (QED) is 0.413. The normalized spacial score (nSPS) is 10.4. The minimum Gasteiger partial charge on any atom is -0.497 e. The van der Waals surface area contributed by atoms with Gasteiger partial charge in [0.2, 0.25) is 0 Å². The largest absolute Gasteiger partial charge is 0.497 e. The molecule has 3 aromatic rings. The number of rotatable bonds is 7. The molecule has 0 unspecified atom stereocenters. The van der Waals surface area contributed by atoms with Crippen LogP contribution >= 0.6 is 11.8 Å². The molecule has 0 fully saturated rings. The topological polar surface area (TPSA) is 90.7 Å². The lowest BCUT2D eigenvalue weighted by molar-refractivity contribution is -0.387. The first kappa shape index (κ1) is 21.1. The van der Waals surface area contributed by atoms with Gasteiger partial charge in [0.05, 0.1) is 29.7 Å². The summed E-state index contributed by atoms with van der Waals surface area (Å²) in [7, 11) is 2.96. The van der Waals surface area contributed by atoms with E-state index in [1.54, 1.807) is 18.2 Å². The molecule has 0 heterocycles. The Balaban J connectivity index is 1.87. The van der Waals surface area contributed by atoms with Gasteiger partial charge in [-0.15, -0.1) is 0 Å². The molecule has 0 atom stereocenters. The van der Waals surface area contributed by atoms with Crippen LogP contribution < -0.4 is 14.8 Å². The Hall–Kier alpha value is -3.59. The van der Waals surface area contributed by atoms with Crippen molar-refractivity contribution in [2.75, 3.05) is 19.5 Å². The molecule has 3 aromatic carbocycles. The third-order valence-corrected chi connectivity index (χ3v) is 5.19. The van der Waals surface area contributed by atoms with Crippen LogP contribution in [0, 0.1) is 15.9 Å². The number of nitrogens with one attached hydrogen (secondary N) is 1. The zero-order chi connectivity index (χ0) is 21.7. The van der Waals surface area contributed by atoms with Gasteiger partial charge in [-0.05, 0) is 48.5 Å². The fraction of sp³-hybridized carbons (Fsp3) is 0.0952. The Kier molecular flexibility index (Phi) is 6.53. The number of anilines is 1. The van der Waals surface area contributed by atoms with Crippen LogP contribution in [0.4, 0.5) is 15.8 Å². The summed E-state index contributed by atoms with van der Waals surface area (Å²) in [5.74, 6) is 0.00193. The van der Waals surface area contributed by atoms with Crippen molar-refractivity contribution in [2.45, 2.75) is 9.79 Å². The van der Waals surface area contributed by atoms with E-state index >= 15 is 0 Å². The molecular formula is C21H17FN2O5S. The van der Waals surface area contributed by atoms with E-state index in [0.29, 0.717) is 27.0 Å². The molecule has 0 aliphatic heterocycles. The molecule has 3 rings (SSSR count). The number of amides is 1. The van der Waals surface area contributed by atoms with Crippen molar-refractivity contribution in [3.05, 3.63) is 82.2 Å². The van der Waals surface area contributed by atoms with Crippen LogP contribution in [-0.4, -0.2) is 25.1 Å².